The van der Waals surface area contributed by atoms with Crippen LogP contribution in [-0.2, 0) is 23.9 Å². The first kappa shape index (κ1) is 15.9. The van der Waals surface area contributed by atoms with Gasteiger partial charge in [-0.1, -0.05) is 15.9 Å². The third-order valence-electron chi connectivity index (χ3n) is 2.25. The standard InChI is InChI=1S/C10H16BrNO5/c1-5(16-7(3)13)10(11,9(12)15)6(2)17-8(4)14/h5-6H,1-4H3,(H2,12,15). The number of amides is 1. The van der Waals surface area contributed by atoms with E-state index in [1.54, 1.807) is 0 Å². The van der Waals surface area contributed by atoms with Crippen LogP contribution in [0.1, 0.15) is 27.7 Å². The second-order valence-electron chi connectivity index (χ2n) is 3.64. The highest BCUT2D eigenvalue weighted by molar-refractivity contribution is 9.10. The van der Waals surface area contributed by atoms with Gasteiger partial charge < -0.3 is 15.2 Å². The molecule has 2 N–H and O–H groups in total. The van der Waals surface area contributed by atoms with Gasteiger partial charge in [0.05, 0.1) is 0 Å². The average Bonchev–Trinajstić information content (AvgIpc) is 2.13. The van der Waals surface area contributed by atoms with Crippen LogP contribution in [0.2, 0.25) is 0 Å². The van der Waals surface area contributed by atoms with Gasteiger partial charge in [-0.25, -0.2) is 0 Å². The first-order chi connectivity index (χ1) is 7.62. The molecule has 0 aromatic heterocycles. The van der Waals surface area contributed by atoms with E-state index in [-0.39, 0.29) is 0 Å². The molecule has 0 rings (SSSR count). The third kappa shape index (κ3) is 3.99. The van der Waals surface area contributed by atoms with Gasteiger partial charge in [-0.05, 0) is 13.8 Å². The molecule has 0 aromatic rings. The van der Waals surface area contributed by atoms with Crippen molar-refractivity contribution in [2.24, 2.45) is 5.73 Å². The molecule has 0 aliphatic carbocycles. The van der Waals surface area contributed by atoms with E-state index in [4.69, 9.17) is 15.2 Å². The number of esters is 2. The number of primary amides is 1. The molecule has 0 aliphatic heterocycles. The number of carbonyl (C=O) groups is 3. The smallest absolute Gasteiger partial charge is 0.302 e. The van der Waals surface area contributed by atoms with Crippen LogP contribution in [0.5, 0.6) is 0 Å². The molecule has 0 bridgehead atoms. The lowest BCUT2D eigenvalue weighted by Crippen LogP contribution is -2.56. The summed E-state index contributed by atoms with van der Waals surface area (Å²) in [5.41, 5.74) is 5.26. The number of rotatable bonds is 5. The molecule has 2 unspecified atom stereocenters. The SMILES string of the molecule is CC(=O)OC(C)C(Br)(C(N)=O)C(C)OC(C)=O. The van der Waals surface area contributed by atoms with Crippen molar-refractivity contribution < 1.29 is 23.9 Å². The van der Waals surface area contributed by atoms with Crippen molar-refractivity contribution in [1.29, 1.82) is 0 Å². The Balaban J connectivity index is 5.07. The Hall–Kier alpha value is -1.11. The lowest BCUT2D eigenvalue weighted by atomic mass is 9.96. The maximum atomic E-state index is 11.5. The summed E-state index contributed by atoms with van der Waals surface area (Å²) in [5, 5.41) is 0. The van der Waals surface area contributed by atoms with Crippen molar-refractivity contribution >= 4 is 33.8 Å². The van der Waals surface area contributed by atoms with Gasteiger partial charge in [0.15, 0.2) is 4.32 Å². The van der Waals surface area contributed by atoms with Gasteiger partial charge in [0.25, 0.3) is 0 Å². The van der Waals surface area contributed by atoms with Crippen LogP contribution in [0.4, 0.5) is 0 Å². The van der Waals surface area contributed by atoms with E-state index in [0.29, 0.717) is 0 Å². The van der Waals surface area contributed by atoms with Crippen LogP contribution in [0.25, 0.3) is 0 Å². The number of alkyl halides is 1. The van der Waals surface area contributed by atoms with Crippen LogP contribution in [-0.4, -0.2) is 34.4 Å². The van der Waals surface area contributed by atoms with E-state index in [1.807, 2.05) is 0 Å². The minimum absolute atomic E-state index is 0.558. The Morgan fingerprint density at radius 2 is 1.35 bits per heavy atom. The molecule has 2 atom stereocenters. The first-order valence-corrected chi connectivity index (χ1v) is 5.74. The third-order valence-corrected chi connectivity index (χ3v) is 3.93. The summed E-state index contributed by atoms with van der Waals surface area (Å²) in [7, 11) is 0. The molecule has 6 nitrogen and oxygen atoms in total. The lowest BCUT2D eigenvalue weighted by molar-refractivity contribution is -0.156. The number of carbonyl (C=O) groups excluding carboxylic acids is 3. The molecule has 1 amide bonds. The second kappa shape index (κ2) is 6.00. The highest BCUT2D eigenvalue weighted by Crippen LogP contribution is 2.31. The molecule has 0 aromatic carbocycles. The molecule has 0 saturated heterocycles. The number of nitrogens with two attached hydrogens (primary N) is 1. The maximum Gasteiger partial charge on any atom is 0.302 e. The maximum absolute atomic E-state index is 11.5. The molecule has 0 fully saturated rings. The highest BCUT2D eigenvalue weighted by Gasteiger charge is 2.48. The summed E-state index contributed by atoms with van der Waals surface area (Å²) in [6.45, 7) is 5.39. The lowest BCUT2D eigenvalue weighted by Gasteiger charge is -2.34. The van der Waals surface area contributed by atoms with Gasteiger partial charge in [0.2, 0.25) is 5.91 Å². The fraction of sp³-hybridized carbons (Fsp3) is 0.700. The zero-order chi connectivity index (χ0) is 13.8. The summed E-state index contributed by atoms with van der Waals surface area (Å²) >= 11 is 3.11. The van der Waals surface area contributed by atoms with Gasteiger partial charge in [0, 0.05) is 13.8 Å². The quantitative estimate of drug-likeness (QED) is 0.589. The Bertz CT molecular complexity index is 309. The van der Waals surface area contributed by atoms with Crippen LogP contribution in [0.15, 0.2) is 0 Å². The zero-order valence-electron chi connectivity index (χ0n) is 10.2. The molecular formula is C10H16BrNO5. The first-order valence-electron chi connectivity index (χ1n) is 4.95. The molecule has 0 aliphatic rings. The molecule has 98 valence electrons. The molecule has 0 heterocycles. The number of halogens is 1. The van der Waals surface area contributed by atoms with Crippen molar-refractivity contribution in [2.75, 3.05) is 0 Å². The molecule has 0 spiro atoms. The Kier molecular flexibility index (Phi) is 5.60. The van der Waals surface area contributed by atoms with E-state index >= 15 is 0 Å². The van der Waals surface area contributed by atoms with Gasteiger partial charge >= 0.3 is 11.9 Å². The van der Waals surface area contributed by atoms with Gasteiger partial charge in [-0.15, -0.1) is 0 Å². The van der Waals surface area contributed by atoms with Gasteiger partial charge in [0.1, 0.15) is 12.2 Å². The summed E-state index contributed by atoms with van der Waals surface area (Å²) < 4.78 is 8.35. The van der Waals surface area contributed by atoms with E-state index in [2.05, 4.69) is 15.9 Å². The van der Waals surface area contributed by atoms with Crippen LogP contribution in [0, 0.1) is 0 Å². The number of ether oxygens (including phenoxy) is 2. The minimum atomic E-state index is -1.45. The van der Waals surface area contributed by atoms with Crippen LogP contribution in [0.3, 0.4) is 0 Å². The van der Waals surface area contributed by atoms with Crippen molar-refractivity contribution in [3.05, 3.63) is 0 Å². The monoisotopic (exact) mass is 309 g/mol. The Labute approximate surface area is 108 Å². The topological polar surface area (TPSA) is 95.7 Å². The summed E-state index contributed by atoms with van der Waals surface area (Å²) in [6.07, 6.45) is -1.74. The normalized spacial score (nSPS) is 17.5. The van der Waals surface area contributed by atoms with Crippen molar-refractivity contribution in [3.63, 3.8) is 0 Å². The van der Waals surface area contributed by atoms with Crippen molar-refractivity contribution in [2.45, 2.75) is 44.2 Å². The molecule has 0 saturated carbocycles. The molecule has 7 heteroatoms. The Morgan fingerprint density at radius 3 is 1.53 bits per heavy atom. The summed E-state index contributed by atoms with van der Waals surface area (Å²) in [6, 6.07) is 0. The number of hydrogen-bond acceptors (Lipinski definition) is 5. The minimum Gasteiger partial charge on any atom is -0.461 e. The predicted molar refractivity (Wildman–Crippen MR) is 63.3 cm³/mol. The zero-order valence-corrected chi connectivity index (χ0v) is 11.7. The van der Waals surface area contributed by atoms with E-state index in [9.17, 15) is 14.4 Å². The van der Waals surface area contributed by atoms with E-state index in [1.165, 1.54) is 27.7 Å². The fourth-order valence-corrected chi connectivity index (χ4v) is 1.59. The largest absolute Gasteiger partial charge is 0.461 e. The van der Waals surface area contributed by atoms with Crippen molar-refractivity contribution in [3.8, 4) is 0 Å². The van der Waals surface area contributed by atoms with Gasteiger partial charge in [-0.2, -0.15) is 0 Å². The fourth-order valence-electron chi connectivity index (χ4n) is 1.40. The van der Waals surface area contributed by atoms with Crippen molar-refractivity contribution in [1.82, 2.24) is 0 Å². The van der Waals surface area contributed by atoms with Crippen LogP contribution < -0.4 is 5.73 Å². The summed E-state index contributed by atoms with van der Waals surface area (Å²) in [4.78, 5) is 33.2. The predicted octanol–water partition coefficient (Wildman–Crippen LogP) is 0.509. The average molecular weight is 310 g/mol. The highest BCUT2D eigenvalue weighted by atomic mass is 79.9. The Morgan fingerprint density at radius 1 is 1.06 bits per heavy atom. The molecular weight excluding hydrogens is 294 g/mol. The second-order valence-corrected chi connectivity index (χ2v) is 4.95. The van der Waals surface area contributed by atoms with Gasteiger partial charge in [-0.3, -0.25) is 14.4 Å². The summed E-state index contributed by atoms with van der Waals surface area (Å²) in [5.74, 6) is -1.89. The van der Waals surface area contributed by atoms with E-state index < -0.39 is 34.4 Å². The number of hydrogen-bond donors (Lipinski definition) is 1. The molecule has 0 radical (unpaired) electrons. The van der Waals surface area contributed by atoms with E-state index in [0.717, 1.165) is 0 Å². The molecule has 17 heavy (non-hydrogen) atoms. The van der Waals surface area contributed by atoms with Crippen LogP contribution >= 0.6 is 15.9 Å².